The number of hydrogen-bond acceptors (Lipinski definition) is 3. The van der Waals surface area contributed by atoms with Crippen molar-refractivity contribution in [2.24, 2.45) is 5.92 Å². The Morgan fingerprint density at radius 2 is 1.95 bits per heavy atom. The average molecular weight is 285 g/mol. The molecule has 0 radical (unpaired) electrons. The number of rotatable bonds is 7. The predicted molar refractivity (Wildman–Crippen MR) is 72.4 cm³/mol. The predicted octanol–water partition coefficient (Wildman–Crippen LogP) is 2.80. The Labute approximate surface area is 117 Å². The highest BCUT2D eigenvalue weighted by Crippen LogP contribution is 2.24. The molecule has 0 aromatic heterocycles. The fourth-order valence-electron chi connectivity index (χ4n) is 1.73. The molecule has 0 spiro atoms. The van der Waals surface area contributed by atoms with Crippen molar-refractivity contribution in [2.75, 3.05) is 31.6 Å². The minimum absolute atomic E-state index is 0.352. The molecule has 0 aliphatic rings. The van der Waals surface area contributed by atoms with Crippen LogP contribution < -0.4 is 10.2 Å². The first-order valence-electron chi connectivity index (χ1n) is 6.38. The van der Waals surface area contributed by atoms with Gasteiger partial charge in [0.25, 0.3) is 0 Å². The van der Waals surface area contributed by atoms with Crippen LogP contribution in [0.1, 0.15) is 6.42 Å². The molecule has 3 nitrogen and oxygen atoms in total. The summed E-state index contributed by atoms with van der Waals surface area (Å²) in [5.74, 6) is -1.94. The van der Waals surface area contributed by atoms with Crippen LogP contribution in [-0.2, 0) is 0 Å². The molecule has 6 heteroatoms. The molecule has 20 heavy (non-hydrogen) atoms. The topological polar surface area (TPSA) is 39.1 Å². The van der Waals surface area contributed by atoms with E-state index in [1.165, 1.54) is 6.07 Å². The maximum Gasteiger partial charge on any atom is 0.405 e. The van der Waals surface area contributed by atoms with Gasteiger partial charge in [-0.05, 0) is 25.1 Å². The summed E-state index contributed by atoms with van der Waals surface area (Å²) in [7, 11) is 1.93. The van der Waals surface area contributed by atoms with Crippen LogP contribution in [0.25, 0.3) is 0 Å². The summed E-state index contributed by atoms with van der Waals surface area (Å²) in [6, 6.07) is 11.0. The van der Waals surface area contributed by atoms with Gasteiger partial charge < -0.3 is 10.2 Å². The van der Waals surface area contributed by atoms with Crippen LogP contribution in [0.2, 0.25) is 0 Å². The first-order chi connectivity index (χ1) is 9.45. The smallest absolute Gasteiger partial charge is 0.375 e. The third-order valence-electron chi connectivity index (χ3n) is 2.94. The number of benzene rings is 1. The summed E-state index contributed by atoms with van der Waals surface area (Å²) in [6.07, 6.45) is -3.75. The molecule has 1 N–H and O–H groups in total. The van der Waals surface area contributed by atoms with Gasteiger partial charge in [0, 0.05) is 25.8 Å². The van der Waals surface area contributed by atoms with Gasteiger partial charge in [0.2, 0.25) is 0 Å². The largest absolute Gasteiger partial charge is 0.405 e. The molecule has 1 unspecified atom stereocenters. The first kappa shape index (κ1) is 16.3. The van der Waals surface area contributed by atoms with Crippen LogP contribution in [-0.4, -0.2) is 32.9 Å². The van der Waals surface area contributed by atoms with E-state index in [2.05, 4.69) is 5.32 Å². The van der Waals surface area contributed by atoms with Gasteiger partial charge in [-0.1, -0.05) is 18.2 Å². The van der Waals surface area contributed by atoms with Crippen molar-refractivity contribution in [3.05, 3.63) is 30.3 Å². The summed E-state index contributed by atoms with van der Waals surface area (Å²) in [5.41, 5.74) is 1.07. The molecular weight excluding hydrogens is 267 g/mol. The second kappa shape index (κ2) is 7.75. The fourth-order valence-corrected chi connectivity index (χ4v) is 1.73. The van der Waals surface area contributed by atoms with Gasteiger partial charge in [-0.15, -0.1) is 0 Å². The molecule has 1 atom stereocenters. The van der Waals surface area contributed by atoms with Gasteiger partial charge in [-0.2, -0.15) is 18.4 Å². The monoisotopic (exact) mass is 285 g/mol. The van der Waals surface area contributed by atoms with Crippen molar-refractivity contribution in [1.82, 2.24) is 5.32 Å². The Balaban J connectivity index is 2.21. The molecule has 0 saturated heterocycles. The third kappa shape index (κ3) is 5.49. The molecule has 1 aromatic rings. The van der Waals surface area contributed by atoms with Crippen LogP contribution in [0, 0.1) is 17.2 Å². The summed E-state index contributed by atoms with van der Waals surface area (Å²) in [6.45, 7) is 0.834. The van der Waals surface area contributed by atoms with Gasteiger partial charge in [-0.25, -0.2) is 0 Å². The number of nitrogens with one attached hydrogen (secondary N) is 1. The highest BCUT2D eigenvalue weighted by Gasteiger charge is 2.39. The van der Waals surface area contributed by atoms with Crippen LogP contribution in [0.15, 0.2) is 30.3 Å². The molecule has 0 aliphatic carbocycles. The zero-order valence-electron chi connectivity index (χ0n) is 11.3. The Morgan fingerprint density at radius 3 is 2.50 bits per heavy atom. The highest BCUT2D eigenvalue weighted by molar-refractivity contribution is 5.44. The Morgan fingerprint density at radius 1 is 1.30 bits per heavy atom. The SMILES string of the molecule is CN(CCCNCC(C#N)C(F)(F)F)c1ccccc1. The van der Waals surface area contributed by atoms with Crippen LogP contribution in [0.4, 0.5) is 18.9 Å². The van der Waals surface area contributed by atoms with E-state index in [0.29, 0.717) is 13.0 Å². The Bertz CT molecular complexity index is 426. The van der Waals surface area contributed by atoms with E-state index < -0.39 is 12.1 Å². The van der Waals surface area contributed by atoms with Crippen LogP contribution in [0.3, 0.4) is 0 Å². The Kier molecular flexibility index (Phi) is 6.32. The van der Waals surface area contributed by atoms with Crippen molar-refractivity contribution < 1.29 is 13.2 Å². The quantitative estimate of drug-likeness (QED) is 0.783. The number of nitriles is 1. The van der Waals surface area contributed by atoms with E-state index in [4.69, 9.17) is 5.26 Å². The standard InChI is InChI=1S/C14H18F3N3/c1-20(13-6-3-2-4-7-13)9-5-8-19-11-12(10-18)14(15,16)17/h2-4,6-7,12,19H,5,8-9,11H2,1H3. The van der Waals surface area contributed by atoms with Gasteiger partial charge in [0.05, 0.1) is 6.07 Å². The molecule has 0 heterocycles. The Hall–Kier alpha value is -1.74. The summed E-state index contributed by atoms with van der Waals surface area (Å²) < 4.78 is 36.9. The van der Waals surface area contributed by atoms with E-state index >= 15 is 0 Å². The number of halogens is 3. The number of para-hydroxylation sites is 1. The molecule has 0 fully saturated rings. The molecule has 110 valence electrons. The molecule has 0 saturated carbocycles. The highest BCUT2D eigenvalue weighted by atomic mass is 19.4. The van der Waals surface area contributed by atoms with Crippen LogP contribution >= 0.6 is 0 Å². The molecule has 1 rings (SSSR count). The maximum atomic E-state index is 12.3. The number of anilines is 1. The molecule has 1 aromatic carbocycles. The van der Waals surface area contributed by atoms with Crippen LogP contribution in [0.5, 0.6) is 0 Å². The normalized spacial score (nSPS) is 12.8. The molecular formula is C14H18F3N3. The lowest BCUT2D eigenvalue weighted by Crippen LogP contribution is -2.33. The lowest BCUT2D eigenvalue weighted by Gasteiger charge is -2.19. The second-order valence-electron chi connectivity index (χ2n) is 4.54. The third-order valence-corrected chi connectivity index (χ3v) is 2.94. The molecule has 0 aliphatic heterocycles. The van der Waals surface area contributed by atoms with E-state index in [0.717, 1.165) is 12.2 Å². The van der Waals surface area contributed by atoms with Crippen molar-refractivity contribution >= 4 is 5.69 Å². The van der Waals surface area contributed by atoms with E-state index in [9.17, 15) is 13.2 Å². The number of alkyl halides is 3. The van der Waals surface area contributed by atoms with Crippen molar-refractivity contribution in [1.29, 1.82) is 5.26 Å². The molecule has 0 amide bonds. The van der Waals surface area contributed by atoms with Gasteiger partial charge in [-0.3, -0.25) is 0 Å². The van der Waals surface area contributed by atoms with Gasteiger partial charge in [0.1, 0.15) is 0 Å². The van der Waals surface area contributed by atoms with Crippen molar-refractivity contribution in [2.45, 2.75) is 12.6 Å². The lowest BCUT2D eigenvalue weighted by atomic mass is 10.1. The fraction of sp³-hybridized carbons (Fsp3) is 0.500. The average Bonchev–Trinajstić information content (AvgIpc) is 2.42. The summed E-state index contributed by atoms with van der Waals surface area (Å²) in [5, 5.41) is 11.1. The summed E-state index contributed by atoms with van der Waals surface area (Å²) in [4.78, 5) is 2.03. The lowest BCUT2D eigenvalue weighted by molar-refractivity contribution is -0.157. The van der Waals surface area contributed by atoms with E-state index in [1.807, 2.05) is 42.3 Å². The van der Waals surface area contributed by atoms with Gasteiger partial charge >= 0.3 is 6.18 Å². The first-order valence-corrected chi connectivity index (χ1v) is 6.38. The van der Waals surface area contributed by atoms with Gasteiger partial charge in [0.15, 0.2) is 5.92 Å². The zero-order valence-corrected chi connectivity index (χ0v) is 11.3. The zero-order chi connectivity index (χ0) is 15.0. The minimum atomic E-state index is -4.46. The van der Waals surface area contributed by atoms with E-state index in [-0.39, 0.29) is 6.54 Å². The van der Waals surface area contributed by atoms with E-state index in [1.54, 1.807) is 0 Å². The second-order valence-corrected chi connectivity index (χ2v) is 4.54. The van der Waals surface area contributed by atoms with Crippen molar-refractivity contribution in [3.8, 4) is 6.07 Å². The molecule has 0 bridgehead atoms. The summed E-state index contributed by atoms with van der Waals surface area (Å²) >= 11 is 0. The maximum absolute atomic E-state index is 12.3. The van der Waals surface area contributed by atoms with Crippen molar-refractivity contribution in [3.63, 3.8) is 0 Å². The number of hydrogen-bond donors (Lipinski definition) is 1. The minimum Gasteiger partial charge on any atom is -0.375 e. The number of nitrogens with zero attached hydrogens (tertiary/aromatic N) is 2.